The summed E-state index contributed by atoms with van der Waals surface area (Å²) in [6, 6.07) is 5.31. The van der Waals surface area contributed by atoms with Gasteiger partial charge in [-0.3, -0.25) is 0 Å². The van der Waals surface area contributed by atoms with Crippen molar-refractivity contribution < 1.29 is 24.1 Å². The molecule has 1 unspecified atom stereocenters. The zero-order chi connectivity index (χ0) is 18.0. The Bertz CT molecular complexity index is 573. The van der Waals surface area contributed by atoms with Crippen LogP contribution >= 0.6 is 0 Å². The molecule has 1 aliphatic rings. The number of nitrogens with zero attached hydrogens (tertiary/aromatic N) is 1. The summed E-state index contributed by atoms with van der Waals surface area (Å²) in [5.41, 5.74) is -1.05. The zero-order valence-electron chi connectivity index (χ0n) is 15.1. The Balaban J connectivity index is 2.24. The summed E-state index contributed by atoms with van der Waals surface area (Å²) >= 11 is 0. The first-order chi connectivity index (χ1) is 11.2. The quantitative estimate of drug-likeness (QED) is 0.918. The van der Waals surface area contributed by atoms with Gasteiger partial charge in [0.05, 0.1) is 20.8 Å². The van der Waals surface area contributed by atoms with Gasteiger partial charge < -0.3 is 24.2 Å². The van der Waals surface area contributed by atoms with Gasteiger partial charge in [0.15, 0.2) is 0 Å². The van der Waals surface area contributed by atoms with E-state index in [1.807, 2.05) is 20.8 Å². The second-order valence-corrected chi connectivity index (χ2v) is 7.14. The minimum absolute atomic E-state index is 0.179. The van der Waals surface area contributed by atoms with Gasteiger partial charge in [-0.1, -0.05) is 0 Å². The molecule has 0 saturated carbocycles. The Hall–Kier alpha value is -1.95. The van der Waals surface area contributed by atoms with Crippen LogP contribution in [0.4, 0.5) is 4.79 Å². The van der Waals surface area contributed by atoms with Crippen LogP contribution < -0.4 is 9.47 Å². The van der Waals surface area contributed by atoms with Crippen molar-refractivity contribution in [3.63, 3.8) is 0 Å². The molecule has 2 rings (SSSR count). The van der Waals surface area contributed by atoms with Gasteiger partial charge in [0.25, 0.3) is 0 Å². The molecular formula is C18H27NO5. The maximum absolute atomic E-state index is 12.3. The van der Waals surface area contributed by atoms with Gasteiger partial charge in [0.2, 0.25) is 0 Å². The van der Waals surface area contributed by atoms with E-state index in [-0.39, 0.29) is 6.54 Å². The SMILES string of the molecule is COc1cc(OC)cc(C2(O)CCCN(C(=O)OC(C)(C)C)C2)c1. The molecular weight excluding hydrogens is 310 g/mol. The average molecular weight is 337 g/mol. The fourth-order valence-corrected chi connectivity index (χ4v) is 2.83. The third-order valence-electron chi connectivity index (χ3n) is 4.01. The molecule has 0 spiro atoms. The molecule has 0 aliphatic carbocycles. The van der Waals surface area contributed by atoms with E-state index >= 15 is 0 Å². The maximum atomic E-state index is 12.3. The molecule has 1 amide bonds. The fourth-order valence-electron chi connectivity index (χ4n) is 2.83. The molecule has 24 heavy (non-hydrogen) atoms. The number of hydrogen-bond acceptors (Lipinski definition) is 5. The minimum atomic E-state index is -1.16. The van der Waals surface area contributed by atoms with E-state index in [0.717, 1.165) is 0 Å². The Morgan fingerprint density at radius 2 is 1.75 bits per heavy atom. The van der Waals surface area contributed by atoms with Crippen LogP contribution in [-0.2, 0) is 10.3 Å². The van der Waals surface area contributed by atoms with E-state index in [4.69, 9.17) is 14.2 Å². The third-order valence-corrected chi connectivity index (χ3v) is 4.01. The van der Waals surface area contributed by atoms with E-state index in [1.165, 1.54) is 0 Å². The molecule has 6 heteroatoms. The van der Waals surface area contributed by atoms with Crippen molar-refractivity contribution in [1.82, 2.24) is 4.90 Å². The van der Waals surface area contributed by atoms with Crippen LogP contribution in [0, 0.1) is 0 Å². The number of amides is 1. The highest BCUT2D eigenvalue weighted by molar-refractivity contribution is 5.68. The summed E-state index contributed by atoms with van der Waals surface area (Å²) in [7, 11) is 3.13. The predicted molar refractivity (Wildman–Crippen MR) is 90.5 cm³/mol. The number of likely N-dealkylation sites (tertiary alicyclic amines) is 1. The number of methoxy groups -OCH3 is 2. The number of carbonyl (C=O) groups excluding carboxylic acids is 1. The van der Waals surface area contributed by atoms with Crippen LogP contribution in [0.25, 0.3) is 0 Å². The summed E-state index contributed by atoms with van der Waals surface area (Å²) in [6.07, 6.45) is 0.841. The normalized spacial score (nSPS) is 21.3. The molecule has 1 atom stereocenters. The lowest BCUT2D eigenvalue weighted by atomic mass is 9.85. The standard InChI is InChI=1S/C18H27NO5/c1-17(2,3)24-16(20)19-8-6-7-18(21,12-19)13-9-14(22-4)11-15(10-13)23-5/h9-11,21H,6-8,12H2,1-5H3. The second kappa shape index (κ2) is 6.89. The summed E-state index contributed by atoms with van der Waals surface area (Å²) in [6.45, 7) is 6.23. The Morgan fingerprint density at radius 3 is 2.25 bits per heavy atom. The molecule has 1 heterocycles. The number of hydrogen-bond donors (Lipinski definition) is 1. The van der Waals surface area contributed by atoms with E-state index in [0.29, 0.717) is 36.4 Å². The molecule has 134 valence electrons. The molecule has 0 aromatic heterocycles. The van der Waals surface area contributed by atoms with Gasteiger partial charge in [0, 0.05) is 12.6 Å². The highest BCUT2D eigenvalue weighted by Crippen LogP contribution is 2.36. The molecule has 1 N–H and O–H groups in total. The first-order valence-corrected chi connectivity index (χ1v) is 8.11. The number of piperidine rings is 1. The Morgan fingerprint density at radius 1 is 1.17 bits per heavy atom. The number of carbonyl (C=O) groups is 1. The molecule has 1 saturated heterocycles. The second-order valence-electron chi connectivity index (χ2n) is 7.14. The van der Waals surface area contributed by atoms with Gasteiger partial charge in [0.1, 0.15) is 22.7 Å². The maximum Gasteiger partial charge on any atom is 0.410 e. The van der Waals surface area contributed by atoms with Crippen LogP contribution in [-0.4, -0.2) is 49.0 Å². The molecule has 1 aromatic carbocycles. The van der Waals surface area contributed by atoms with E-state index in [1.54, 1.807) is 37.3 Å². The highest BCUT2D eigenvalue weighted by atomic mass is 16.6. The van der Waals surface area contributed by atoms with Crippen molar-refractivity contribution in [3.05, 3.63) is 23.8 Å². The average Bonchev–Trinajstić information content (AvgIpc) is 2.52. The summed E-state index contributed by atoms with van der Waals surface area (Å²) in [4.78, 5) is 13.9. The zero-order valence-corrected chi connectivity index (χ0v) is 15.1. The van der Waals surface area contributed by atoms with E-state index < -0.39 is 17.3 Å². The van der Waals surface area contributed by atoms with Crippen LogP contribution in [0.5, 0.6) is 11.5 Å². The first-order valence-electron chi connectivity index (χ1n) is 8.11. The largest absolute Gasteiger partial charge is 0.497 e. The van der Waals surface area contributed by atoms with Gasteiger partial charge in [-0.2, -0.15) is 0 Å². The van der Waals surface area contributed by atoms with Crippen molar-refractivity contribution in [1.29, 1.82) is 0 Å². The Labute approximate surface area is 143 Å². The lowest BCUT2D eigenvalue weighted by Gasteiger charge is -2.40. The fraction of sp³-hybridized carbons (Fsp3) is 0.611. The smallest absolute Gasteiger partial charge is 0.410 e. The van der Waals surface area contributed by atoms with Gasteiger partial charge >= 0.3 is 6.09 Å². The summed E-state index contributed by atoms with van der Waals surface area (Å²) < 4.78 is 16.0. The number of aliphatic hydroxyl groups is 1. The molecule has 0 radical (unpaired) electrons. The van der Waals surface area contributed by atoms with Crippen molar-refractivity contribution in [2.24, 2.45) is 0 Å². The van der Waals surface area contributed by atoms with Crippen LogP contribution in [0.15, 0.2) is 18.2 Å². The van der Waals surface area contributed by atoms with Gasteiger partial charge in [-0.25, -0.2) is 4.79 Å². The predicted octanol–water partition coefficient (Wildman–Crippen LogP) is 2.92. The van der Waals surface area contributed by atoms with Gasteiger partial charge in [-0.05, 0) is 51.3 Å². The monoisotopic (exact) mass is 337 g/mol. The molecule has 0 bridgehead atoms. The lowest BCUT2D eigenvalue weighted by Crippen LogP contribution is -2.49. The van der Waals surface area contributed by atoms with Gasteiger partial charge in [-0.15, -0.1) is 0 Å². The molecule has 1 aliphatic heterocycles. The topological polar surface area (TPSA) is 68.2 Å². The first kappa shape index (κ1) is 18.4. The van der Waals surface area contributed by atoms with Crippen LogP contribution in [0.1, 0.15) is 39.2 Å². The van der Waals surface area contributed by atoms with Crippen molar-refractivity contribution in [2.45, 2.75) is 44.8 Å². The Kier molecular flexibility index (Phi) is 5.28. The minimum Gasteiger partial charge on any atom is -0.497 e. The van der Waals surface area contributed by atoms with Crippen LogP contribution in [0.3, 0.4) is 0 Å². The number of ether oxygens (including phenoxy) is 3. The third kappa shape index (κ3) is 4.32. The molecule has 6 nitrogen and oxygen atoms in total. The van der Waals surface area contributed by atoms with Crippen molar-refractivity contribution in [2.75, 3.05) is 27.3 Å². The van der Waals surface area contributed by atoms with E-state index in [2.05, 4.69) is 0 Å². The lowest BCUT2D eigenvalue weighted by molar-refractivity contribution is -0.0467. The van der Waals surface area contributed by atoms with Crippen LogP contribution in [0.2, 0.25) is 0 Å². The number of β-amino-alcohol motifs (C(OH)–C–C–N with tert-alkyl or cyclic N) is 1. The van der Waals surface area contributed by atoms with Crippen molar-refractivity contribution >= 4 is 6.09 Å². The summed E-state index contributed by atoms with van der Waals surface area (Å²) in [5.74, 6) is 1.21. The number of benzene rings is 1. The van der Waals surface area contributed by atoms with E-state index in [9.17, 15) is 9.90 Å². The molecule has 1 aromatic rings. The molecule has 1 fully saturated rings. The highest BCUT2D eigenvalue weighted by Gasteiger charge is 2.38. The van der Waals surface area contributed by atoms with Crippen molar-refractivity contribution in [3.8, 4) is 11.5 Å². The number of rotatable bonds is 3. The summed E-state index contributed by atoms with van der Waals surface area (Å²) in [5, 5.41) is 11.1.